The smallest absolute Gasteiger partial charge is 0.406 e. The Labute approximate surface area is 153 Å². The minimum Gasteiger partial charge on any atom is -0.406 e. The Kier molecular flexibility index (Phi) is 3.99. The van der Waals surface area contributed by atoms with E-state index in [0.717, 1.165) is 22.7 Å². The van der Waals surface area contributed by atoms with Crippen LogP contribution in [0.25, 0.3) is 27.0 Å². The van der Waals surface area contributed by atoms with Gasteiger partial charge < -0.3 is 4.74 Å². The summed E-state index contributed by atoms with van der Waals surface area (Å²) in [6.45, 7) is 1.80. The number of aromatic nitrogens is 4. The second kappa shape index (κ2) is 6.23. The van der Waals surface area contributed by atoms with Crippen molar-refractivity contribution >= 4 is 21.6 Å². The zero-order valence-electron chi connectivity index (χ0n) is 13.7. The highest BCUT2D eigenvalue weighted by molar-refractivity contribution is 7.18. The van der Waals surface area contributed by atoms with Gasteiger partial charge in [-0.25, -0.2) is 4.98 Å². The number of halogens is 3. The molecule has 0 amide bonds. The molecule has 138 valence electrons. The van der Waals surface area contributed by atoms with Gasteiger partial charge in [0, 0.05) is 29.2 Å². The molecule has 0 radical (unpaired) electrons. The molecule has 10 heteroatoms. The van der Waals surface area contributed by atoms with Gasteiger partial charge in [0.2, 0.25) is 0 Å². The first-order chi connectivity index (χ1) is 12.8. The summed E-state index contributed by atoms with van der Waals surface area (Å²) in [7, 11) is 0. The average Bonchev–Trinajstić information content (AvgIpc) is 3.24. The van der Waals surface area contributed by atoms with Crippen LogP contribution >= 0.6 is 11.3 Å². The van der Waals surface area contributed by atoms with Crippen LogP contribution in [0, 0.1) is 6.92 Å². The number of benzene rings is 1. The van der Waals surface area contributed by atoms with Crippen LogP contribution in [-0.2, 0) is 0 Å². The zero-order chi connectivity index (χ0) is 19.2. The normalized spacial score (nSPS) is 11.9. The Bertz CT molecular complexity index is 1160. The molecule has 6 nitrogen and oxygen atoms in total. The van der Waals surface area contributed by atoms with Crippen molar-refractivity contribution in [1.82, 2.24) is 19.7 Å². The Morgan fingerprint density at radius 1 is 1.22 bits per heavy atom. The molecule has 0 aliphatic heterocycles. The first kappa shape index (κ1) is 17.3. The Morgan fingerprint density at radius 3 is 2.59 bits per heavy atom. The standard InChI is InChI=1S/C17H11F3N4O2S/c1-9-23-14-13(10-6-21-22-7-10)8-24(16(25)15(14)27-9)11-2-4-12(5-3-11)26-17(18,19)20/h2-8H,1H3,(H,21,22). The van der Waals surface area contributed by atoms with Gasteiger partial charge in [0.25, 0.3) is 5.56 Å². The molecule has 0 saturated heterocycles. The molecule has 0 spiro atoms. The first-order valence-corrected chi connectivity index (χ1v) is 8.51. The molecule has 3 aromatic heterocycles. The molecule has 0 aliphatic rings. The van der Waals surface area contributed by atoms with Crippen LogP contribution in [0.2, 0.25) is 0 Å². The van der Waals surface area contributed by atoms with Gasteiger partial charge in [-0.3, -0.25) is 14.5 Å². The maximum Gasteiger partial charge on any atom is 0.573 e. The summed E-state index contributed by atoms with van der Waals surface area (Å²) >= 11 is 1.26. The van der Waals surface area contributed by atoms with E-state index in [9.17, 15) is 18.0 Å². The number of pyridine rings is 1. The van der Waals surface area contributed by atoms with Crippen LogP contribution in [0.4, 0.5) is 13.2 Å². The van der Waals surface area contributed by atoms with E-state index in [4.69, 9.17) is 0 Å². The van der Waals surface area contributed by atoms with Gasteiger partial charge in [-0.05, 0) is 31.2 Å². The van der Waals surface area contributed by atoms with Crippen molar-refractivity contribution in [1.29, 1.82) is 0 Å². The number of alkyl halides is 3. The molecule has 0 atom stereocenters. The molecular weight excluding hydrogens is 381 g/mol. The van der Waals surface area contributed by atoms with Crippen molar-refractivity contribution in [3.8, 4) is 22.6 Å². The second-order valence-corrected chi connectivity index (χ2v) is 6.86. The monoisotopic (exact) mass is 392 g/mol. The van der Waals surface area contributed by atoms with Crippen molar-refractivity contribution in [2.24, 2.45) is 0 Å². The van der Waals surface area contributed by atoms with Crippen molar-refractivity contribution < 1.29 is 17.9 Å². The van der Waals surface area contributed by atoms with Crippen LogP contribution in [0.5, 0.6) is 5.75 Å². The number of fused-ring (bicyclic) bond motifs is 1. The molecule has 0 bridgehead atoms. The molecule has 0 fully saturated rings. The summed E-state index contributed by atoms with van der Waals surface area (Å²) < 4.78 is 42.7. The van der Waals surface area contributed by atoms with E-state index < -0.39 is 6.36 Å². The van der Waals surface area contributed by atoms with E-state index in [1.54, 1.807) is 25.5 Å². The third-order valence-electron chi connectivity index (χ3n) is 3.82. The van der Waals surface area contributed by atoms with E-state index in [1.807, 2.05) is 0 Å². The Balaban J connectivity index is 1.87. The van der Waals surface area contributed by atoms with E-state index in [2.05, 4.69) is 19.9 Å². The van der Waals surface area contributed by atoms with Crippen LogP contribution in [0.15, 0.2) is 47.7 Å². The summed E-state index contributed by atoms with van der Waals surface area (Å²) in [5, 5.41) is 7.38. The molecule has 4 aromatic rings. The third-order valence-corrected chi connectivity index (χ3v) is 4.78. The minimum absolute atomic E-state index is 0.299. The molecule has 3 heterocycles. The third kappa shape index (κ3) is 3.31. The van der Waals surface area contributed by atoms with Crippen molar-refractivity contribution in [3.05, 3.63) is 58.2 Å². The van der Waals surface area contributed by atoms with Crippen molar-refractivity contribution in [3.63, 3.8) is 0 Å². The van der Waals surface area contributed by atoms with Crippen LogP contribution in [0.1, 0.15) is 5.01 Å². The highest BCUT2D eigenvalue weighted by atomic mass is 32.1. The fourth-order valence-electron chi connectivity index (χ4n) is 2.72. The van der Waals surface area contributed by atoms with Gasteiger partial charge in [0.1, 0.15) is 10.4 Å². The average molecular weight is 392 g/mol. The number of hydrogen-bond acceptors (Lipinski definition) is 5. The number of hydrogen-bond donors (Lipinski definition) is 1. The predicted octanol–water partition coefficient (Wildman–Crippen LogP) is 4.04. The molecule has 27 heavy (non-hydrogen) atoms. The van der Waals surface area contributed by atoms with Gasteiger partial charge >= 0.3 is 6.36 Å². The number of thiazole rings is 1. The van der Waals surface area contributed by atoms with Gasteiger partial charge in [-0.1, -0.05) is 0 Å². The largest absolute Gasteiger partial charge is 0.573 e. The molecule has 0 aliphatic carbocycles. The van der Waals surface area contributed by atoms with Crippen molar-refractivity contribution in [2.75, 3.05) is 0 Å². The SMILES string of the molecule is Cc1nc2c(-c3cn[nH]c3)cn(-c3ccc(OC(F)(F)F)cc3)c(=O)c2s1. The van der Waals surface area contributed by atoms with Gasteiger partial charge in [0.15, 0.2) is 0 Å². The van der Waals surface area contributed by atoms with E-state index >= 15 is 0 Å². The highest BCUT2D eigenvalue weighted by Gasteiger charge is 2.31. The van der Waals surface area contributed by atoms with Crippen LogP contribution < -0.4 is 10.3 Å². The van der Waals surface area contributed by atoms with E-state index in [-0.39, 0.29) is 11.3 Å². The Hall–Kier alpha value is -3.14. The lowest BCUT2D eigenvalue weighted by Crippen LogP contribution is -2.18. The summed E-state index contributed by atoms with van der Waals surface area (Å²) in [6.07, 6.45) is 0.122. The van der Waals surface area contributed by atoms with Crippen LogP contribution in [0.3, 0.4) is 0 Å². The quantitative estimate of drug-likeness (QED) is 0.571. The summed E-state index contributed by atoms with van der Waals surface area (Å²) in [4.78, 5) is 17.3. The fraction of sp³-hybridized carbons (Fsp3) is 0.118. The minimum atomic E-state index is -4.77. The summed E-state index contributed by atoms with van der Waals surface area (Å²) in [5.41, 5.74) is 2.12. The molecule has 4 rings (SSSR count). The topological polar surface area (TPSA) is 72.8 Å². The first-order valence-electron chi connectivity index (χ1n) is 7.70. The lowest BCUT2D eigenvalue weighted by Gasteiger charge is -2.11. The fourth-order valence-corrected chi connectivity index (χ4v) is 3.59. The molecule has 0 unspecified atom stereocenters. The summed E-state index contributed by atoms with van der Waals surface area (Å²) in [6, 6.07) is 5.10. The number of H-pyrrole nitrogens is 1. The van der Waals surface area contributed by atoms with Crippen molar-refractivity contribution in [2.45, 2.75) is 13.3 Å². The van der Waals surface area contributed by atoms with Gasteiger partial charge in [-0.2, -0.15) is 5.10 Å². The predicted molar refractivity (Wildman–Crippen MR) is 94.2 cm³/mol. The zero-order valence-corrected chi connectivity index (χ0v) is 14.6. The summed E-state index contributed by atoms with van der Waals surface area (Å²) in [5.74, 6) is -0.357. The van der Waals surface area contributed by atoms with Gasteiger partial charge in [-0.15, -0.1) is 24.5 Å². The van der Waals surface area contributed by atoms with E-state index in [1.165, 1.54) is 28.0 Å². The molecular formula is C17H11F3N4O2S. The number of rotatable bonds is 3. The number of nitrogens with zero attached hydrogens (tertiary/aromatic N) is 3. The Morgan fingerprint density at radius 2 is 1.96 bits per heavy atom. The number of aromatic amines is 1. The van der Waals surface area contributed by atoms with Gasteiger partial charge in [0.05, 0.1) is 16.7 Å². The number of aryl methyl sites for hydroxylation is 1. The molecule has 0 saturated carbocycles. The number of nitrogens with one attached hydrogen (secondary N) is 1. The lowest BCUT2D eigenvalue weighted by atomic mass is 10.1. The molecule has 1 N–H and O–H groups in total. The number of ether oxygens (including phenoxy) is 1. The van der Waals surface area contributed by atoms with E-state index in [0.29, 0.717) is 21.5 Å². The highest BCUT2D eigenvalue weighted by Crippen LogP contribution is 2.30. The maximum atomic E-state index is 12.9. The van der Waals surface area contributed by atoms with Crippen LogP contribution in [-0.4, -0.2) is 26.1 Å². The molecule has 1 aromatic carbocycles. The second-order valence-electron chi connectivity index (χ2n) is 5.66. The lowest BCUT2D eigenvalue weighted by molar-refractivity contribution is -0.274. The maximum absolute atomic E-state index is 12.9.